The molecule has 0 aliphatic heterocycles. The summed E-state index contributed by atoms with van der Waals surface area (Å²) < 4.78 is 45.1. The molecule has 0 bridgehead atoms. The number of benzene rings is 2. The number of anilines is 1. The van der Waals surface area contributed by atoms with E-state index >= 15 is 0 Å². The third kappa shape index (κ3) is 4.19. The Balaban J connectivity index is 2.08. The fourth-order valence-corrected chi connectivity index (χ4v) is 3.72. The largest absolute Gasteiger partial charge is 0.419 e. The highest BCUT2D eigenvalue weighted by atomic mass is 32.2. The molecule has 0 unspecified atom stereocenters. The minimum Gasteiger partial charge on any atom is -0.419 e. The predicted octanol–water partition coefficient (Wildman–Crippen LogP) is 4.69. The van der Waals surface area contributed by atoms with Crippen LogP contribution in [0.1, 0.15) is 19.4 Å². The highest BCUT2D eigenvalue weighted by Gasteiger charge is 2.28. The number of nitrogens with one attached hydrogen (secondary N) is 1. The first-order chi connectivity index (χ1) is 12.8. The molecule has 0 saturated heterocycles. The van der Waals surface area contributed by atoms with Gasteiger partial charge in [0.25, 0.3) is 0 Å². The van der Waals surface area contributed by atoms with Gasteiger partial charge >= 0.3 is 0 Å². The van der Waals surface area contributed by atoms with Gasteiger partial charge in [0.2, 0.25) is 26.6 Å². The molecule has 1 heterocycles. The monoisotopic (exact) mass is 388 g/mol. The Bertz CT molecular complexity index is 1020. The molecule has 1 N–H and O–H groups in total. The van der Waals surface area contributed by atoms with Crippen LogP contribution in [0.15, 0.2) is 62.9 Å². The van der Waals surface area contributed by atoms with Crippen LogP contribution in [-0.4, -0.2) is 19.9 Å². The van der Waals surface area contributed by atoms with Gasteiger partial charge in [-0.2, -0.15) is 4.98 Å². The van der Waals surface area contributed by atoms with Crippen LogP contribution >= 0.6 is 0 Å². The molecule has 2 aromatic carbocycles. The van der Waals surface area contributed by atoms with Crippen molar-refractivity contribution in [3.05, 3.63) is 59.9 Å². The number of nitrogens with zero attached hydrogens (tertiary/aromatic N) is 1. The summed E-state index contributed by atoms with van der Waals surface area (Å²) in [5.74, 6) is 0.0887. The molecule has 3 aromatic rings. The second kappa shape index (κ2) is 7.52. The van der Waals surface area contributed by atoms with Crippen LogP contribution in [0, 0.1) is 18.7 Å². The molecule has 0 saturated carbocycles. The van der Waals surface area contributed by atoms with Crippen LogP contribution < -0.4 is 5.32 Å². The van der Waals surface area contributed by atoms with Gasteiger partial charge in [-0.15, -0.1) is 0 Å². The van der Waals surface area contributed by atoms with Gasteiger partial charge < -0.3 is 9.73 Å². The van der Waals surface area contributed by atoms with Crippen molar-refractivity contribution in [1.29, 1.82) is 0 Å². The van der Waals surface area contributed by atoms with Crippen molar-refractivity contribution in [2.45, 2.75) is 30.7 Å². The van der Waals surface area contributed by atoms with Crippen molar-refractivity contribution >= 4 is 15.7 Å². The summed E-state index contributed by atoms with van der Waals surface area (Å²) in [6, 6.07) is 12.1. The van der Waals surface area contributed by atoms with Crippen molar-refractivity contribution in [2.24, 2.45) is 5.92 Å². The molecule has 142 valence electrons. The number of sulfone groups is 1. The van der Waals surface area contributed by atoms with Crippen LogP contribution in [0.3, 0.4) is 0 Å². The SMILES string of the molecule is Cc1ccc(S(=O)(=O)c2nc(-c3ccc(F)cc3)oc2NCC(C)C)cc1. The van der Waals surface area contributed by atoms with Gasteiger partial charge in [-0.3, -0.25) is 0 Å². The second-order valence-corrected chi connectivity index (χ2v) is 8.62. The number of hydrogen-bond donors (Lipinski definition) is 1. The average molecular weight is 388 g/mol. The summed E-state index contributed by atoms with van der Waals surface area (Å²) in [4.78, 5) is 4.36. The molecule has 0 amide bonds. The Morgan fingerprint density at radius 3 is 2.30 bits per heavy atom. The first-order valence-corrected chi connectivity index (χ1v) is 10.1. The minimum atomic E-state index is -3.87. The summed E-state index contributed by atoms with van der Waals surface area (Å²) in [7, 11) is -3.87. The fourth-order valence-electron chi connectivity index (χ4n) is 2.44. The Hall–Kier alpha value is -2.67. The lowest BCUT2D eigenvalue weighted by Gasteiger charge is -2.08. The maximum absolute atomic E-state index is 13.2. The van der Waals surface area contributed by atoms with E-state index in [2.05, 4.69) is 10.3 Å². The van der Waals surface area contributed by atoms with E-state index in [-0.39, 0.29) is 27.6 Å². The summed E-state index contributed by atoms with van der Waals surface area (Å²) in [6.45, 7) is 6.40. The normalized spacial score (nSPS) is 11.7. The Labute approximate surface area is 158 Å². The molecular weight excluding hydrogens is 367 g/mol. The molecule has 27 heavy (non-hydrogen) atoms. The van der Waals surface area contributed by atoms with Crippen molar-refractivity contribution in [3.8, 4) is 11.5 Å². The number of rotatable bonds is 6. The molecule has 5 nitrogen and oxygen atoms in total. The first-order valence-electron chi connectivity index (χ1n) is 8.60. The molecule has 0 radical (unpaired) electrons. The summed E-state index contributed by atoms with van der Waals surface area (Å²) in [5, 5.41) is 2.84. The Morgan fingerprint density at radius 2 is 1.70 bits per heavy atom. The van der Waals surface area contributed by atoms with Crippen molar-refractivity contribution in [1.82, 2.24) is 4.98 Å². The van der Waals surface area contributed by atoms with Crippen molar-refractivity contribution in [3.63, 3.8) is 0 Å². The molecule has 1 aromatic heterocycles. The van der Waals surface area contributed by atoms with Gasteiger partial charge in [-0.1, -0.05) is 31.5 Å². The van der Waals surface area contributed by atoms with Gasteiger partial charge in [-0.25, -0.2) is 12.8 Å². The lowest BCUT2D eigenvalue weighted by molar-refractivity contribution is 0.567. The van der Waals surface area contributed by atoms with Gasteiger partial charge in [0.05, 0.1) is 4.90 Å². The number of hydrogen-bond acceptors (Lipinski definition) is 5. The second-order valence-electron chi connectivity index (χ2n) is 6.75. The lowest BCUT2D eigenvalue weighted by Crippen LogP contribution is -2.11. The smallest absolute Gasteiger partial charge is 0.233 e. The summed E-state index contributed by atoms with van der Waals surface area (Å²) >= 11 is 0. The van der Waals surface area contributed by atoms with Crippen molar-refractivity contribution < 1.29 is 17.2 Å². The quantitative estimate of drug-likeness (QED) is 0.663. The molecule has 0 aliphatic carbocycles. The fraction of sp³-hybridized carbons (Fsp3) is 0.250. The zero-order chi connectivity index (χ0) is 19.6. The van der Waals surface area contributed by atoms with E-state index < -0.39 is 15.7 Å². The lowest BCUT2D eigenvalue weighted by atomic mass is 10.2. The van der Waals surface area contributed by atoms with E-state index in [4.69, 9.17) is 4.42 Å². The average Bonchev–Trinajstić information content (AvgIpc) is 3.06. The molecule has 7 heteroatoms. The van der Waals surface area contributed by atoms with E-state index in [1.165, 1.54) is 24.3 Å². The van der Waals surface area contributed by atoms with E-state index in [0.717, 1.165) is 5.56 Å². The van der Waals surface area contributed by atoms with E-state index in [9.17, 15) is 12.8 Å². The number of aromatic nitrogens is 1. The molecule has 0 fully saturated rings. The highest BCUT2D eigenvalue weighted by molar-refractivity contribution is 7.91. The molecule has 0 aliphatic rings. The number of halogens is 1. The predicted molar refractivity (Wildman–Crippen MR) is 102 cm³/mol. The Morgan fingerprint density at radius 1 is 1.07 bits per heavy atom. The van der Waals surface area contributed by atoms with E-state index in [1.54, 1.807) is 24.3 Å². The number of oxazole rings is 1. The molecule has 3 rings (SSSR count). The van der Waals surface area contributed by atoms with Crippen LogP contribution in [0.4, 0.5) is 10.3 Å². The topological polar surface area (TPSA) is 72.2 Å². The minimum absolute atomic E-state index is 0.0867. The third-order valence-corrected chi connectivity index (χ3v) is 5.62. The molecule has 0 atom stereocenters. The van der Waals surface area contributed by atoms with Crippen molar-refractivity contribution in [2.75, 3.05) is 11.9 Å². The van der Waals surface area contributed by atoms with Gasteiger partial charge in [-0.05, 0) is 49.2 Å². The number of aryl methyl sites for hydroxylation is 1. The first kappa shape index (κ1) is 19.1. The highest BCUT2D eigenvalue weighted by Crippen LogP contribution is 2.32. The zero-order valence-electron chi connectivity index (χ0n) is 15.4. The van der Waals surface area contributed by atoms with Crippen LogP contribution in [0.25, 0.3) is 11.5 Å². The maximum Gasteiger partial charge on any atom is 0.233 e. The maximum atomic E-state index is 13.2. The van der Waals surface area contributed by atoms with Crippen LogP contribution in [-0.2, 0) is 9.84 Å². The van der Waals surface area contributed by atoms with Crippen LogP contribution in [0.5, 0.6) is 0 Å². The zero-order valence-corrected chi connectivity index (χ0v) is 16.2. The molecule has 0 spiro atoms. The van der Waals surface area contributed by atoms with E-state index in [1.807, 2.05) is 20.8 Å². The molecular formula is C20H21FN2O3S. The van der Waals surface area contributed by atoms with Crippen LogP contribution in [0.2, 0.25) is 0 Å². The van der Waals surface area contributed by atoms with E-state index in [0.29, 0.717) is 12.1 Å². The summed E-state index contributed by atoms with van der Waals surface area (Å²) in [5.41, 5.74) is 1.45. The Kier molecular flexibility index (Phi) is 5.32. The third-order valence-electron chi connectivity index (χ3n) is 3.94. The standard InChI is InChI=1S/C20H21FN2O3S/c1-13(2)12-22-19-20(27(24,25)17-10-4-14(3)5-11-17)23-18(26-19)15-6-8-16(21)9-7-15/h4-11,13,22H,12H2,1-3H3. The summed E-state index contributed by atoms with van der Waals surface area (Å²) in [6.07, 6.45) is 0. The van der Waals surface area contributed by atoms with Gasteiger partial charge in [0.15, 0.2) is 0 Å². The van der Waals surface area contributed by atoms with Gasteiger partial charge in [0, 0.05) is 12.1 Å². The van der Waals surface area contributed by atoms with Gasteiger partial charge in [0.1, 0.15) is 5.82 Å².